The first-order valence-electron chi connectivity index (χ1n) is 10.8. The Morgan fingerprint density at radius 1 is 1.30 bits per heavy atom. The van der Waals surface area contributed by atoms with Gasteiger partial charge in [-0.3, -0.25) is 10.00 Å². The van der Waals surface area contributed by atoms with Gasteiger partial charge < -0.3 is 19.9 Å². The summed E-state index contributed by atoms with van der Waals surface area (Å²) in [6.07, 6.45) is -0.0678. The topological polar surface area (TPSA) is 89.6 Å². The second-order valence-electron chi connectivity index (χ2n) is 7.93. The lowest BCUT2D eigenvalue weighted by atomic mass is 10.2. The number of amides is 1. The molecule has 33 heavy (non-hydrogen) atoms. The normalized spacial score (nSPS) is 18.5. The maximum Gasteiger partial charge on any atom is 0.414 e. The number of H-pyrrole nitrogens is 1. The Morgan fingerprint density at radius 3 is 2.70 bits per heavy atom. The third-order valence-corrected chi connectivity index (χ3v) is 6.25. The predicted molar refractivity (Wildman–Crippen MR) is 132 cm³/mol. The van der Waals surface area contributed by atoms with Gasteiger partial charge in [0.25, 0.3) is 0 Å². The van der Waals surface area contributed by atoms with Crippen molar-refractivity contribution >= 4 is 51.9 Å². The molecule has 0 aliphatic carbocycles. The van der Waals surface area contributed by atoms with Gasteiger partial charge in [-0.05, 0) is 25.1 Å². The Kier molecular flexibility index (Phi) is 7.03. The van der Waals surface area contributed by atoms with Gasteiger partial charge in [0.1, 0.15) is 22.7 Å². The van der Waals surface area contributed by atoms with Crippen molar-refractivity contribution < 1.29 is 13.9 Å². The number of halogens is 1. The molecule has 0 bridgehead atoms. The average Bonchev–Trinajstić information content (AvgIpc) is 3.44. The zero-order valence-electron chi connectivity index (χ0n) is 18.5. The van der Waals surface area contributed by atoms with E-state index in [9.17, 15) is 4.79 Å². The van der Waals surface area contributed by atoms with Crippen LogP contribution in [0, 0.1) is 5.82 Å². The van der Waals surface area contributed by atoms with Crippen molar-refractivity contribution in [1.82, 2.24) is 25.4 Å². The Morgan fingerprint density at radius 2 is 2.06 bits per heavy atom. The Balaban J connectivity index is 1.36. The summed E-state index contributed by atoms with van der Waals surface area (Å²) in [7, 11) is 0. The Hall–Kier alpha value is -2.86. The van der Waals surface area contributed by atoms with E-state index in [1.165, 1.54) is 11.0 Å². The second kappa shape index (κ2) is 9.96. The van der Waals surface area contributed by atoms with Crippen LogP contribution in [-0.2, 0) is 11.2 Å². The number of rotatable bonds is 6. The minimum absolute atomic E-state index is 0.338. The van der Waals surface area contributed by atoms with E-state index in [0.717, 1.165) is 12.2 Å². The van der Waals surface area contributed by atoms with Gasteiger partial charge in [0, 0.05) is 32.6 Å². The van der Waals surface area contributed by atoms with Gasteiger partial charge in [0.05, 0.1) is 29.5 Å². The number of piperazine rings is 1. The SMILES string of the molecule is CCc1nc(C(=S)N2CCN(c3ccc(N4C[C@H](CNC(C)=S)OC4=O)cc3F)CC2)n[nH]1. The number of aromatic nitrogens is 3. The third-order valence-electron chi connectivity index (χ3n) is 5.66. The molecule has 1 amide bonds. The molecule has 0 radical (unpaired) electrons. The van der Waals surface area contributed by atoms with E-state index >= 15 is 4.39 Å². The monoisotopic (exact) mass is 491 g/mol. The van der Waals surface area contributed by atoms with Crippen LogP contribution in [-0.4, -0.2) is 81.5 Å². The van der Waals surface area contributed by atoms with Crippen molar-refractivity contribution in [3.8, 4) is 0 Å². The fourth-order valence-corrected chi connectivity index (χ4v) is 4.21. The molecule has 176 valence electrons. The number of aryl methyl sites for hydroxylation is 1. The van der Waals surface area contributed by atoms with Crippen molar-refractivity contribution in [2.75, 3.05) is 49.1 Å². The molecule has 3 heterocycles. The van der Waals surface area contributed by atoms with Crippen molar-refractivity contribution in [3.05, 3.63) is 35.7 Å². The van der Waals surface area contributed by atoms with Crippen LogP contribution in [0.1, 0.15) is 25.5 Å². The van der Waals surface area contributed by atoms with E-state index < -0.39 is 6.09 Å². The summed E-state index contributed by atoms with van der Waals surface area (Å²) in [6, 6.07) is 4.84. The van der Waals surface area contributed by atoms with Crippen LogP contribution < -0.4 is 15.1 Å². The summed E-state index contributed by atoms with van der Waals surface area (Å²) in [5, 5.41) is 10.1. The van der Waals surface area contributed by atoms with Crippen LogP contribution >= 0.6 is 24.4 Å². The number of thiocarbonyl (C=S) groups is 2. The van der Waals surface area contributed by atoms with Crippen LogP contribution in [0.2, 0.25) is 0 Å². The van der Waals surface area contributed by atoms with Gasteiger partial charge in [-0.1, -0.05) is 31.4 Å². The molecular weight excluding hydrogens is 465 g/mol. The van der Waals surface area contributed by atoms with Crippen molar-refractivity contribution in [3.63, 3.8) is 0 Å². The molecule has 0 saturated carbocycles. The van der Waals surface area contributed by atoms with E-state index in [2.05, 4.69) is 20.5 Å². The summed E-state index contributed by atoms with van der Waals surface area (Å²) in [4.78, 5) is 23.3. The van der Waals surface area contributed by atoms with Crippen molar-refractivity contribution in [2.24, 2.45) is 0 Å². The molecular formula is C21H26FN7O2S2. The highest BCUT2D eigenvalue weighted by Gasteiger charge is 2.33. The average molecular weight is 492 g/mol. The van der Waals surface area contributed by atoms with E-state index in [0.29, 0.717) is 66.4 Å². The fourth-order valence-electron chi connectivity index (χ4n) is 3.86. The Bertz CT molecular complexity index is 1050. The minimum atomic E-state index is -0.490. The minimum Gasteiger partial charge on any atom is -0.442 e. The van der Waals surface area contributed by atoms with E-state index in [1.807, 2.05) is 16.7 Å². The quantitative estimate of drug-likeness (QED) is 0.591. The number of carbonyl (C=O) groups excluding carboxylic acids is 1. The number of benzene rings is 1. The van der Waals surface area contributed by atoms with Gasteiger partial charge >= 0.3 is 6.09 Å². The third kappa shape index (κ3) is 5.22. The van der Waals surface area contributed by atoms with Crippen LogP contribution in [0.15, 0.2) is 18.2 Å². The number of nitrogens with zero attached hydrogens (tertiary/aromatic N) is 5. The van der Waals surface area contributed by atoms with Gasteiger partial charge in [0.2, 0.25) is 5.82 Å². The van der Waals surface area contributed by atoms with Gasteiger partial charge in [-0.15, -0.1) is 0 Å². The first kappa shape index (κ1) is 23.3. The number of aromatic amines is 1. The lowest BCUT2D eigenvalue weighted by Gasteiger charge is -2.37. The lowest BCUT2D eigenvalue weighted by Crippen LogP contribution is -2.49. The van der Waals surface area contributed by atoms with E-state index in [4.69, 9.17) is 29.2 Å². The van der Waals surface area contributed by atoms with Crippen molar-refractivity contribution in [1.29, 1.82) is 0 Å². The van der Waals surface area contributed by atoms with E-state index in [1.54, 1.807) is 19.1 Å². The second-order valence-corrected chi connectivity index (χ2v) is 8.93. The molecule has 2 N–H and O–H groups in total. The lowest BCUT2D eigenvalue weighted by molar-refractivity contribution is 0.143. The zero-order chi connectivity index (χ0) is 23.5. The van der Waals surface area contributed by atoms with E-state index in [-0.39, 0.29) is 11.9 Å². The molecule has 2 aliphatic rings. The molecule has 0 spiro atoms. The van der Waals surface area contributed by atoms with Crippen molar-refractivity contribution in [2.45, 2.75) is 26.4 Å². The predicted octanol–water partition coefficient (Wildman–Crippen LogP) is 2.27. The first-order chi connectivity index (χ1) is 15.9. The first-order valence-corrected chi connectivity index (χ1v) is 11.6. The summed E-state index contributed by atoms with van der Waals surface area (Å²) < 4.78 is 20.4. The highest BCUT2D eigenvalue weighted by atomic mass is 32.1. The maximum absolute atomic E-state index is 15.0. The number of hydrogen-bond donors (Lipinski definition) is 2. The standard InChI is InChI=1S/C21H26FN7O2S2/c1-3-18-24-19(26-25-18)20(33)28-8-6-27(7-9-28)17-5-4-14(10-16(17)22)29-12-15(31-21(29)30)11-23-13(2)32/h4-5,10,15H,3,6-9,11-12H2,1-2H3,(H,23,32)(H,24,25,26)/t15-/m0/s1. The summed E-state index contributed by atoms with van der Waals surface area (Å²) in [5.41, 5.74) is 0.969. The number of anilines is 2. The zero-order valence-corrected chi connectivity index (χ0v) is 20.1. The molecule has 9 nitrogen and oxygen atoms in total. The number of cyclic esters (lactones) is 1. The maximum atomic E-state index is 15.0. The van der Waals surface area contributed by atoms with Gasteiger partial charge in [-0.2, -0.15) is 5.10 Å². The van der Waals surface area contributed by atoms with Gasteiger partial charge in [-0.25, -0.2) is 14.2 Å². The molecule has 0 unspecified atom stereocenters. The smallest absolute Gasteiger partial charge is 0.414 e. The molecule has 2 saturated heterocycles. The van der Waals surface area contributed by atoms with Crippen LogP contribution in [0.25, 0.3) is 0 Å². The largest absolute Gasteiger partial charge is 0.442 e. The highest BCUT2D eigenvalue weighted by molar-refractivity contribution is 7.80. The van der Waals surface area contributed by atoms with Crippen LogP contribution in [0.3, 0.4) is 0 Å². The highest BCUT2D eigenvalue weighted by Crippen LogP contribution is 2.28. The molecule has 1 aromatic heterocycles. The summed E-state index contributed by atoms with van der Waals surface area (Å²) in [5.74, 6) is 0.943. The summed E-state index contributed by atoms with van der Waals surface area (Å²) in [6.45, 7) is 7.03. The number of nitrogens with one attached hydrogen (secondary N) is 2. The number of hydrogen-bond acceptors (Lipinski definition) is 7. The number of carbonyl (C=O) groups is 1. The summed E-state index contributed by atoms with van der Waals surface area (Å²) >= 11 is 10.5. The van der Waals surface area contributed by atoms with Crippen LogP contribution in [0.5, 0.6) is 0 Å². The van der Waals surface area contributed by atoms with Crippen LogP contribution in [0.4, 0.5) is 20.6 Å². The molecule has 1 aromatic carbocycles. The Labute approximate surface area is 202 Å². The number of ether oxygens (including phenoxy) is 1. The molecule has 2 fully saturated rings. The van der Waals surface area contributed by atoms with Gasteiger partial charge in [0.15, 0.2) is 0 Å². The molecule has 4 rings (SSSR count). The molecule has 12 heteroatoms. The molecule has 1 atom stereocenters. The molecule has 2 aliphatic heterocycles. The molecule has 2 aromatic rings. The fraction of sp³-hybridized carbons (Fsp3) is 0.476.